The summed E-state index contributed by atoms with van der Waals surface area (Å²) in [6, 6.07) is 7.19. The summed E-state index contributed by atoms with van der Waals surface area (Å²) in [4.78, 5) is 26.0. The lowest BCUT2D eigenvalue weighted by Gasteiger charge is -2.24. The highest BCUT2D eigenvalue weighted by Gasteiger charge is 2.30. The van der Waals surface area contributed by atoms with Crippen molar-refractivity contribution in [3.05, 3.63) is 46.2 Å². The molecule has 0 aliphatic carbocycles. The Hall–Kier alpha value is -2.34. The zero-order valence-corrected chi connectivity index (χ0v) is 15.2. The summed E-state index contributed by atoms with van der Waals surface area (Å²) in [5.41, 5.74) is 1.74. The van der Waals surface area contributed by atoms with Gasteiger partial charge in [0, 0.05) is 12.1 Å². The minimum atomic E-state index is -0.0452. The third-order valence-electron chi connectivity index (χ3n) is 4.42. The highest BCUT2D eigenvalue weighted by molar-refractivity contribution is 7.08. The van der Waals surface area contributed by atoms with Gasteiger partial charge in [-0.1, -0.05) is 0 Å². The Balaban J connectivity index is 1.67. The van der Waals surface area contributed by atoms with E-state index in [1.165, 1.54) is 19.6 Å². The molecule has 2 heterocycles. The molecular weight excluding hydrogens is 338 g/mol. The Labute approximate surface area is 151 Å². The zero-order valence-electron chi connectivity index (χ0n) is 14.4. The summed E-state index contributed by atoms with van der Waals surface area (Å²) in [6.07, 6.45) is 1.99. The number of carbonyl (C=O) groups is 2. The van der Waals surface area contributed by atoms with Gasteiger partial charge in [-0.3, -0.25) is 9.59 Å². The summed E-state index contributed by atoms with van der Waals surface area (Å²) in [5, 5.41) is 4.13. The van der Waals surface area contributed by atoms with E-state index < -0.39 is 0 Å². The molecule has 1 aliphatic rings. The Morgan fingerprint density at radius 3 is 2.80 bits per heavy atom. The van der Waals surface area contributed by atoms with Gasteiger partial charge in [0.15, 0.2) is 23.9 Å². The van der Waals surface area contributed by atoms with E-state index in [4.69, 9.17) is 9.47 Å². The van der Waals surface area contributed by atoms with E-state index in [1.807, 2.05) is 10.3 Å². The van der Waals surface area contributed by atoms with Crippen LogP contribution in [0.25, 0.3) is 0 Å². The second-order valence-corrected chi connectivity index (χ2v) is 6.79. The number of likely N-dealkylation sites (tertiary alicyclic amines) is 1. The van der Waals surface area contributed by atoms with Crippen LogP contribution in [0.15, 0.2) is 35.0 Å². The molecule has 25 heavy (non-hydrogen) atoms. The highest BCUT2D eigenvalue weighted by atomic mass is 32.1. The third kappa shape index (κ3) is 3.85. The van der Waals surface area contributed by atoms with Crippen LogP contribution < -0.4 is 9.47 Å². The molecule has 2 aromatic rings. The third-order valence-corrected chi connectivity index (χ3v) is 5.12. The zero-order chi connectivity index (χ0) is 17.8. The normalized spacial score (nSPS) is 16.7. The second-order valence-electron chi connectivity index (χ2n) is 6.01. The maximum absolute atomic E-state index is 12.6. The Kier molecular flexibility index (Phi) is 5.38. The van der Waals surface area contributed by atoms with Crippen molar-refractivity contribution >= 4 is 23.0 Å². The molecule has 5 nitrogen and oxygen atoms in total. The summed E-state index contributed by atoms with van der Waals surface area (Å²) >= 11 is 1.65. The lowest BCUT2D eigenvalue weighted by Crippen LogP contribution is -2.34. The van der Waals surface area contributed by atoms with Crippen LogP contribution in [0.4, 0.5) is 0 Å². The van der Waals surface area contributed by atoms with E-state index in [1.54, 1.807) is 29.5 Å². The molecule has 1 fully saturated rings. The molecule has 6 heteroatoms. The van der Waals surface area contributed by atoms with Crippen molar-refractivity contribution in [3.63, 3.8) is 0 Å². The minimum absolute atomic E-state index is 0.0357. The second kappa shape index (κ2) is 7.70. The number of Topliss-reactive ketones (excluding diaryl/α,β-unsaturated/α-hetero) is 1. The van der Waals surface area contributed by atoms with E-state index in [2.05, 4.69) is 11.4 Å². The first-order valence-electron chi connectivity index (χ1n) is 8.23. The molecule has 1 unspecified atom stereocenters. The van der Waals surface area contributed by atoms with E-state index in [0.717, 1.165) is 19.4 Å². The van der Waals surface area contributed by atoms with Crippen LogP contribution in [0.1, 0.15) is 41.7 Å². The first-order valence-corrected chi connectivity index (χ1v) is 9.17. The lowest BCUT2D eigenvalue weighted by atomic mass is 10.1. The predicted octanol–water partition coefficient (Wildman–Crippen LogP) is 3.70. The molecule has 1 amide bonds. The monoisotopic (exact) mass is 359 g/mol. The van der Waals surface area contributed by atoms with Crippen molar-refractivity contribution in [1.29, 1.82) is 0 Å². The standard InChI is InChI=1S/C19H21NO4S/c1-13(21)14-5-6-17(18(10-14)23-2)24-11-19(22)20-8-3-4-16(20)15-7-9-25-12-15/h5-7,9-10,12,16H,3-4,8,11H2,1-2H3. The van der Waals surface area contributed by atoms with Gasteiger partial charge in [0.1, 0.15) is 0 Å². The average molecular weight is 359 g/mol. The maximum atomic E-state index is 12.6. The highest BCUT2D eigenvalue weighted by Crippen LogP contribution is 2.33. The van der Waals surface area contributed by atoms with E-state index >= 15 is 0 Å². The number of amides is 1. The Morgan fingerprint density at radius 2 is 2.12 bits per heavy atom. The summed E-state index contributed by atoms with van der Waals surface area (Å²) in [5.74, 6) is 0.839. The van der Waals surface area contributed by atoms with Crippen molar-refractivity contribution in [2.75, 3.05) is 20.3 Å². The van der Waals surface area contributed by atoms with E-state index in [-0.39, 0.29) is 24.3 Å². The van der Waals surface area contributed by atoms with Crippen molar-refractivity contribution in [2.45, 2.75) is 25.8 Å². The molecular formula is C19H21NO4S. The molecule has 1 aliphatic heterocycles. The topological polar surface area (TPSA) is 55.8 Å². The summed E-state index contributed by atoms with van der Waals surface area (Å²) < 4.78 is 11.0. The van der Waals surface area contributed by atoms with Gasteiger partial charge < -0.3 is 14.4 Å². The Bertz CT molecular complexity index is 757. The Morgan fingerprint density at radius 1 is 1.28 bits per heavy atom. The summed E-state index contributed by atoms with van der Waals surface area (Å²) in [7, 11) is 1.51. The average Bonchev–Trinajstić information content (AvgIpc) is 3.29. The molecule has 1 aromatic carbocycles. The number of methoxy groups -OCH3 is 1. The number of ether oxygens (including phenoxy) is 2. The smallest absolute Gasteiger partial charge is 0.261 e. The van der Waals surface area contributed by atoms with Gasteiger partial charge in [-0.15, -0.1) is 0 Å². The number of hydrogen-bond donors (Lipinski definition) is 0. The first-order chi connectivity index (χ1) is 12.1. The number of benzene rings is 1. The van der Waals surface area contributed by atoms with E-state index in [0.29, 0.717) is 17.1 Å². The SMILES string of the molecule is COc1cc(C(C)=O)ccc1OCC(=O)N1CCCC1c1ccsc1. The molecule has 132 valence electrons. The van der Waals surface area contributed by atoms with Gasteiger partial charge in [-0.05, 0) is 60.4 Å². The molecule has 1 aromatic heterocycles. The molecule has 0 radical (unpaired) electrons. The quantitative estimate of drug-likeness (QED) is 0.738. The van der Waals surface area contributed by atoms with Crippen molar-refractivity contribution in [3.8, 4) is 11.5 Å². The van der Waals surface area contributed by atoms with Crippen LogP contribution in [0.2, 0.25) is 0 Å². The molecule has 0 saturated carbocycles. The van der Waals surface area contributed by atoms with Gasteiger partial charge in [-0.2, -0.15) is 11.3 Å². The van der Waals surface area contributed by atoms with Crippen LogP contribution in [0.3, 0.4) is 0 Å². The molecule has 1 saturated heterocycles. The number of rotatable bonds is 6. The van der Waals surface area contributed by atoms with Crippen LogP contribution >= 0.6 is 11.3 Å². The maximum Gasteiger partial charge on any atom is 0.261 e. The van der Waals surface area contributed by atoms with Gasteiger partial charge in [0.2, 0.25) is 0 Å². The van der Waals surface area contributed by atoms with Crippen molar-refractivity contribution in [1.82, 2.24) is 4.90 Å². The number of nitrogens with zero attached hydrogens (tertiary/aromatic N) is 1. The lowest BCUT2D eigenvalue weighted by molar-refractivity contribution is -0.134. The van der Waals surface area contributed by atoms with Crippen LogP contribution in [-0.2, 0) is 4.79 Å². The van der Waals surface area contributed by atoms with E-state index in [9.17, 15) is 9.59 Å². The van der Waals surface area contributed by atoms with Crippen LogP contribution in [-0.4, -0.2) is 36.9 Å². The van der Waals surface area contributed by atoms with Crippen molar-refractivity contribution in [2.24, 2.45) is 0 Å². The predicted molar refractivity (Wildman–Crippen MR) is 96.5 cm³/mol. The minimum Gasteiger partial charge on any atom is -0.493 e. The number of thiophene rings is 1. The first kappa shape index (κ1) is 17.5. The van der Waals surface area contributed by atoms with Gasteiger partial charge in [0.05, 0.1) is 13.2 Å². The fourth-order valence-electron chi connectivity index (χ4n) is 3.10. The van der Waals surface area contributed by atoms with Crippen LogP contribution in [0, 0.1) is 0 Å². The summed E-state index contributed by atoms with van der Waals surface area (Å²) in [6.45, 7) is 2.20. The molecule has 1 atom stereocenters. The fraction of sp³-hybridized carbons (Fsp3) is 0.368. The number of carbonyl (C=O) groups excluding carboxylic acids is 2. The number of hydrogen-bond acceptors (Lipinski definition) is 5. The van der Waals surface area contributed by atoms with Crippen LogP contribution in [0.5, 0.6) is 11.5 Å². The fourth-order valence-corrected chi connectivity index (χ4v) is 3.81. The van der Waals surface area contributed by atoms with Gasteiger partial charge in [-0.25, -0.2) is 0 Å². The van der Waals surface area contributed by atoms with Gasteiger partial charge >= 0.3 is 0 Å². The molecule has 0 bridgehead atoms. The molecule has 3 rings (SSSR count). The van der Waals surface area contributed by atoms with Gasteiger partial charge in [0.25, 0.3) is 5.91 Å². The van der Waals surface area contributed by atoms with Crippen molar-refractivity contribution < 1.29 is 19.1 Å². The molecule has 0 spiro atoms. The largest absolute Gasteiger partial charge is 0.493 e. The molecule has 0 N–H and O–H groups in total. The number of ketones is 1.